The molecule has 0 saturated carbocycles. The molecular formula is C22H22N2O5. The number of ether oxygens (including phenoxy) is 1. The molecule has 0 spiro atoms. The Morgan fingerprint density at radius 3 is 2.45 bits per heavy atom. The lowest BCUT2D eigenvalue weighted by molar-refractivity contribution is -0.124. The fourth-order valence-corrected chi connectivity index (χ4v) is 3.03. The molecule has 0 unspecified atom stereocenters. The van der Waals surface area contributed by atoms with Crippen molar-refractivity contribution >= 4 is 29.4 Å². The van der Waals surface area contributed by atoms with Gasteiger partial charge in [0.15, 0.2) is 6.61 Å². The first-order valence-corrected chi connectivity index (χ1v) is 9.38. The van der Waals surface area contributed by atoms with Crippen LogP contribution < -0.4 is 10.2 Å². The van der Waals surface area contributed by atoms with Crippen LogP contribution >= 0.6 is 0 Å². The summed E-state index contributed by atoms with van der Waals surface area (Å²) in [6, 6.07) is 11.2. The number of aryl methyl sites for hydroxylation is 1. The molecule has 7 heteroatoms. The van der Waals surface area contributed by atoms with Crippen LogP contribution in [-0.2, 0) is 9.53 Å². The number of nitrogens with zero attached hydrogens (tertiary/aromatic N) is 1. The molecule has 150 valence electrons. The van der Waals surface area contributed by atoms with E-state index in [1.54, 1.807) is 12.1 Å². The van der Waals surface area contributed by atoms with Gasteiger partial charge in [-0.25, -0.2) is 9.69 Å². The molecule has 0 saturated heterocycles. The lowest BCUT2D eigenvalue weighted by Gasteiger charge is -2.16. The average molecular weight is 394 g/mol. The Morgan fingerprint density at radius 2 is 1.76 bits per heavy atom. The lowest BCUT2D eigenvalue weighted by atomic mass is 10.1. The number of imide groups is 1. The maximum absolute atomic E-state index is 12.8. The monoisotopic (exact) mass is 394 g/mol. The van der Waals surface area contributed by atoms with E-state index in [1.165, 1.54) is 18.2 Å². The first kappa shape index (κ1) is 20.3. The zero-order chi connectivity index (χ0) is 21.1. The molecule has 1 aliphatic rings. The van der Waals surface area contributed by atoms with E-state index in [-0.39, 0.29) is 22.7 Å². The zero-order valence-corrected chi connectivity index (χ0v) is 16.5. The van der Waals surface area contributed by atoms with E-state index in [0.717, 1.165) is 16.9 Å². The molecule has 3 amide bonds. The molecule has 1 atom stereocenters. The second-order valence-corrected chi connectivity index (χ2v) is 6.95. The fourth-order valence-electron chi connectivity index (χ4n) is 3.03. The molecule has 7 nitrogen and oxygen atoms in total. The summed E-state index contributed by atoms with van der Waals surface area (Å²) in [5.41, 5.74) is 1.76. The van der Waals surface area contributed by atoms with Crippen LogP contribution in [0, 0.1) is 6.92 Å². The van der Waals surface area contributed by atoms with Crippen LogP contribution in [0.3, 0.4) is 0 Å². The first-order chi connectivity index (χ1) is 13.8. The Labute approximate surface area is 168 Å². The Kier molecular flexibility index (Phi) is 5.77. The molecule has 0 aliphatic carbocycles. The van der Waals surface area contributed by atoms with Crippen LogP contribution in [0.4, 0.5) is 5.69 Å². The summed E-state index contributed by atoms with van der Waals surface area (Å²) in [6.45, 7) is 5.18. The van der Waals surface area contributed by atoms with Crippen LogP contribution in [0.15, 0.2) is 42.5 Å². The van der Waals surface area contributed by atoms with Gasteiger partial charge in [-0.1, -0.05) is 25.1 Å². The predicted octanol–water partition coefficient (Wildman–Crippen LogP) is 2.87. The molecule has 1 aliphatic heterocycles. The van der Waals surface area contributed by atoms with Gasteiger partial charge in [0.05, 0.1) is 22.4 Å². The van der Waals surface area contributed by atoms with Crippen LogP contribution in [-0.4, -0.2) is 36.3 Å². The van der Waals surface area contributed by atoms with E-state index in [1.807, 2.05) is 32.9 Å². The number of benzene rings is 2. The van der Waals surface area contributed by atoms with E-state index in [2.05, 4.69) is 5.32 Å². The van der Waals surface area contributed by atoms with Crippen molar-refractivity contribution in [2.45, 2.75) is 33.2 Å². The van der Waals surface area contributed by atoms with Gasteiger partial charge in [0.2, 0.25) is 0 Å². The Balaban J connectivity index is 1.77. The number of nitrogens with one attached hydrogen (secondary N) is 1. The standard InChI is InChI=1S/C22H22N2O5/c1-4-14(3)23-19(25)12-29-22(28)15-9-10-16-17(11-15)21(27)24(20(16)26)18-8-6-5-7-13(18)2/h5-11,14H,4,12H2,1-3H3,(H,23,25)/t14-/m1/s1. The van der Waals surface area contributed by atoms with Gasteiger partial charge in [-0.2, -0.15) is 0 Å². The summed E-state index contributed by atoms with van der Waals surface area (Å²) in [5.74, 6) is -2.07. The molecular weight excluding hydrogens is 372 g/mol. The van der Waals surface area contributed by atoms with Gasteiger partial charge < -0.3 is 10.1 Å². The maximum atomic E-state index is 12.8. The van der Waals surface area contributed by atoms with E-state index < -0.39 is 30.3 Å². The van der Waals surface area contributed by atoms with E-state index in [9.17, 15) is 19.2 Å². The summed E-state index contributed by atoms with van der Waals surface area (Å²) >= 11 is 0. The van der Waals surface area contributed by atoms with Gasteiger partial charge >= 0.3 is 5.97 Å². The van der Waals surface area contributed by atoms with Crippen molar-refractivity contribution in [3.8, 4) is 0 Å². The summed E-state index contributed by atoms with van der Waals surface area (Å²) in [6.07, 6.45) is 0.762. The minimum absolute atomic E-state index is 0.0164. The third-order valence-electron chi connectivity index (χ3n) is 4.83. The molecule has 2 aromatic rings. The highest BCUT2D eigenvalue weighted by Crippen LogP contribution is 2.31. The topological polar surface area (TPSA) is 92.8 Å². The smallest absolute Gasteiger partial charge is 0.338 e. The van der Waals surface area contributed by atoms with Crippen molar-refractivity contribution in [1.82, 2.24) is 5.32 Å². The number of amides is 3. The van der Waals surface area contributed by atoms with Crippen LogP contribution in [0.25, 0.3) is 0 Å². The number of fused-ring (bicyclic) bond motifs is 1. The van der Waals surface area contributed by atoms with Crippen molar-refractivity contribution in [2.24, 2.45) is 0 Å². The third-order valence-corrected chi connectivity index (χ3v) is 4.83. The average Bonchev–Trinajstić information content (AvgIpc) is 2.96. The maximum Gasteiger partial charge on any atom is 0.338 e. The van der Waals surface area contributed by atoms with E-state index >= 15 is 0 Å². The molecule has 0 fully saturated rings. The van der Waals surface area contributed by atoms with Crippen molar-refractivity contribution in [3.05, 3.63) is 64.7 Å². The zero-order valence-electron chi connectivity index (χ0n) is 16.5. The summed E-state index contributed by atoms with van der Waals surface area (Å²) in [5, 5.41) is 2.70. The van der Waals surface area contributed by atoms with Crippen molar-refractivity contribution in [3.63, 3.8) is 0 Å². The number of para-hydroxylation sites is 1. The lowest BCUT2D eigenvalue weighted by Crippen LogP contribution is -2.35. The Hall–Kier alpha value is -3.48. The van der Waals surface area contributed by atoms with Gasteiger partial charge in [-0.15, -0.1) is 0 Å². The van der Waals surface area contributed by atoms with Crippen molar-refractivity contribution in [2.75, 3.05) is 11.5 Å². The third kappa shape index (κ3) is 4.03. The SMILES string of the molecule is CC[C@@H](C)NC(=O)COC(=O)c1ccc2c(c1)C(=O)N(c1ccccc1C)C2=O. The molecule has 3 rings (SSSR count). The fraction of sp³-hybridized carbons (Fsp3) is 0.273. The number of rotatable bonds is 6. The second-order valence-electron chi connectivity index (χ2n) is 6.95. The molecule has 0 bridgehead atoms. The highest BCUT2D eigenvalue weighted by Gasteiger charge is 2.37. The number of carbonyl (C=O) groups is 4. The number of anilines is 1. The van der Waals surface area contributed by atoms with Gasteiger partial charge in [0, 0.05) is 6.04 Å². The quantitative estimate of drug-likeness (QED) is 0.601. The predicted molar refractivity (Wildman–Crippen MR) is 107 cm³/mol. The second kappa shape index (κ2) is 8.26. The van der Waals surface area contributed by atoms with Crippen LogP contribution in [0.2, 0.25) is 0 Å². The van der Waals surface area contributed by atoms with Crippen LogP contribution in [0.1, 0.15) is 56.9 Å². The Bertz CT molecular complexity index is 998. The summed E-state index contributed by atoms with van der Waals surface area (Å²) < 4.78 is 5.03. The molecule has 29 heavy (non-hydrogen) atoms. The number of hydrogen-bond donors (Lipinski definition) is 1. The van der Waals surface area contributed by atoms with Crippen molar-refractivity contribution < 1.29 is 23.9 Å². The van der Waals surface area contributed by atoms with Gasteiger partial charge in [0.25, 0.3) is 17.7 Å². The summed E-state index contributed by atoms with van der Waals surface area (Å²) in [4.78, 5) is 50.7. The number of hydrogen-bond acceptors (Lipinski definition) is 5. The minimum atomic E-state index is -0.735. The largest absolute Gasteiger partial charge is 0.452 e. The number of carbonyl (C=O) groups excluding carboxylic acids is 4. The Morgan fingerprint density at radius 1 is 1.07 bits per heavy atom. The molecule has 2 aromatic carbocycles. The summed E-state index contributed by atoms with van der Waals surface area (Å²) in [7, 11) is 0. The molecule has 0 radical (unpaired) electrons. The van der Waals surface area contributed by atoms with Gasteiger partial charge in [0.1, 0.15) is 0 Å². The first-order valence-electron chi connectivity index (χ1n) is 9.38. The normalized spacial score (nSPS) is 13.8. The van der Waals surface area contributed by atoms with E-state index in [0.29, 0.717) is 5.69 Å². The highest BCUT2D eigenvalue weighted by molar-refractivity contribution is 6.34. The van der Waals surface area contributed by atoms with E-state index in [4.69, 9.17) is 4.74 Å². The molecule has 0 aromatic heterocycles. The van der Waals surface area contributed by atoms with Gasteiger partial charge in [-0.3, -0.25) is 14.4 Å². The minimum Gasteiger partial charge on any atom is -0.452 e. The van der Waals surface area contributed by atoms with Crippen molar-refractivity contribution in [1.29, 1.82) is 0 Å². The number of esters is 1. The van der Waals surface area contributed by atoms with Crippen LogP contribution in [0.5, 0.6) is 0 Å². The molecule has 1 N–H and O–H groups in total. The highest BCUT2D eigenvalue weighted by atomic mass is 16.5. The molecule has 1 heterocycles. The van der Waals surface area contributed by atoms with Gasteiger partial charge in [-0.05, 0) is 50.1 Å².